The van der Waals surface area contributed by atoms with Crippen molar-refractivity contribution >= 4 is 28.8 Å². The summed E-state index contributed by atoms with van der Waals surface area (Å²) in [4.78, 5) is 27.0. The molecule has 1 aromatic carbocycles. The van der Waals surface area contributed by atoms with Crippen LogP contribution >= 0.6 is 11.3 Å². The lowest BCUT2D eigenvalue weighted by Gasteiger charge is -2.06. The molecule has 3 rings (SSSR count). The molecule has 0 fully saturated rings. The Morgan fingerprint density at radius 1 is 1.23 bits per heavy atom. The van der Waals surface area contributed by atoms with Crippen LogP contribution in [0.2, 0.25) is 0 Å². The zero-order valence-electron chi connectivity index (χ0n) is 13.7. The zero-order valence-corrected chi connectivity index (χ0v) is 14.5. The fourth-order valence-corrected chi connectivity index (χ4v) is 2.73. The molecule has 3 aromatic rings. The number of rotatable bonds is 8. The van der Waals surface area contributed by atoms with Gasteiger partial charge in [0.2, 0.25) is 17.6 Å². The van der Waals surface area contributed by atoms with Crippen molar-refractivity contribution in [1.29, 1.82) is 0 Å². The van der Waals surface area contributed by atoms with Gasteiger partial charge in [-0.1, -0.05) is 5.16 Å². The first-order valence-corrected chi connectivity index (χ1v) is 8.70. The normalized spacial score (nSPS) is 10.5. The number of carbonyl (C=O) groups is 2. The lowest BCUT2D eigenvalue weighted by Crippen LogP contribution is -2.20. The van der Waals surface area contributed by atoms with Gasteiger partial charge in [-0.15, -0.1) is 0 Å². The molecule has 0 aliphatic carbocycles. The van der Waals surface area contributed by atoms with E-state index < -0.39 is 5.91 Å². The molecular weight excluding hydrogens is 356 g/mol. The topological polar surface area (TPSA) is 120 Å². The van der Waals surface area contributed by atoms with Crippen molar-refractivity contribution in [1.82, 2.24) is 10.1 Å². The molecule has 2 heterocycles. The molecular formula is C17H16N4O4S. The average Bonchev–Trinajstić information content (AvgIpc) is 3.30. The second-order valence-corrected chi connectivity index (χ2v) is 6.13. The average molecular weight is 372 g/mol. The van der Waals surface area contributed by atoms with Crippen LogP contribution in [0.15, 0.2) is 45.6 Å². The largest absolute Gasteiger partial charge is 0.484 e. The first-order chi connectivity index (χ1) is 12.6. The Bertz CT molecular complexity index is 875. The molecule has 0 unspecified atom stereocenters. The molecule has 0 aliphatic rings. The number of hydrogen-bond donors (Lipinski definition) is 2. The third-order valence-electron chi connectivity index (χ3n) is 3.33. The van der Waals surface area contributed by atoms with Gasteiger partial charge >= 0.3 is 0 Å². The highest BCUT2D eigenvalue weighted by Gasteiger charge is 2.11. The maximum atomic E-state index is 12.0. The van der Waals surface area contributed by atoms with Crippen LogP contribution in [-0.2, 0) is 16.0 Å². The van der Waals surface area contributed by atoms with Gasteiger partial charge in [0, 0.05) is 29.5 Å². The molecule has 134 valence electrons. The third kappa shape index (κ3) is 4.90. The highest BCUT2D eigenvalue weighted by Crippen LogP contribution is 2.19. The van der Waals surface area contributed by atoms with Gasteiger partial charge in [0.05, 0.1) is 0 Å². The third-order valence-corrected chi connectivity index (χ3v) is 4.02. The zero-order chi connectivity index (χ0) is 18.4. The van der Waals surface area contributed by atoms with Crippen molar-refractivity contribution in [3.63, 3.8) is 0 Å². The Hall–Kier alpha value is -3.20. The van der Waals surface area contributed by atoms with Crippen LogP contribution < -0.4 is 15.8 Å². The van der Waals surface area contributed by atoms with E-state index in [1.807, 2.05) is 16.8 Å². The summed E-state index contributed by atoms with van der Waals surface area (Å²) in [5, 5.41) is 10.5. The molecule has 9 heteroatoms. The summed E-state index contributed by atoms with van der Waals surface area (Å²) in [5.41, 5.74) is 6.52. The van der Waals surface area contributed by atoms with Crippen molar-refractivity contribution in [2.45, 2.75) is 12.8 Å². The SMILES string of the molecule is NC(=O)COc1ccc(NC(=O)CCc2nc(-c3ccsc3)no2)cc1. The van der Waals surface area contributed by atoms with Gasteiger partial charge in [0.1, 0.15) is 5.75 Å². The number of amides is 2. The van der Waals surface area contributed by atoms with Crippen LogP contribution in [0, 0.1) is 0 Å². The highest BCUT2D eigenvalue weighted by atomic mass is 32.1. The van der Waals surface area contributed by atoms with E-state index in [1.165, 1.54) is 0 Å². The number of nitrogens with one attached hydrogen (secondary N) is 1. The summed E-state index contributed by atoms with van der Waals surface area (Å²) in [6.07, 6.45) is 0.563. The second kappa shape index (κ2) is 8.26. The second-order valence-electron chi connectivity index (χ2n) is 5.35. The van der Waals surface area contributed by atoms with E-state index in [1.54, 1.807) is 35.6 Å². The molecule has 0 aliphatic heterocycles. The molecule has 0 spiro atoms. The Labute approximate surface area is 153 Å². The van der Waals surface area contributed by atoms with E-state index in [9.17, 15) is 9.59 Å². The summed E-state index contributed by atoms with van der Waals surface area (Å²) in [6.45, 7) is -0.191. The monoisotopic (exact) mass is 372 g/mol. The number of ether oxygens (including phenoxy) is 1. The van der Waals surface area contributed by atoms with Crippen molar-refractivity contribution in [2.75, 3.05) is 11.9 Å². The van der Waals surface area contributed by atoms with Crippen LogP contribution in [0.5, 0.6) is 5.75 Å². The summed E-state index contributed by atoms with van der Waals surface area (Å²) in [5.74, 6) is 0.704. The lowest BCUT2D eigenvalue weighted by molar-refractivity contribution is -0.120. The molecule has 0 saturated carbocycles. The molecule has 3 N–H and O–H groups in total. The van der Waals surface area contributed by atoms with Crippen LogP contribution in [0.1, 0.15) is 12.3 Å². The van der Waals surface area contributed by atoms with Gasteiger partial charge in [0.25, 0.3) is 5.91 Å². The molecule has 0 radical (unpaired) electrons. The van der Waals surface area contributed by atoms with E-state index in [4.69, 9.17) is 15.0 Å². The van der Waals surface area contributed by atoms with Gasteiger partial charge in [-0.3, -0.25) is 9.59 Å². The molecule has 0 bridgehead atoms. The molecule has 8 nitrogen and oxygen atoms in total. The summed E-state index contributed by atoms with van der Waals surface area (Å²) >= 11 is 1.55. The lowest BCUT2D eigenvalue weighted by atomic mass is 10.2. The molecule has 2 aromatic heterocycles. The maximum absolute atomic E-state index is 12.0. The van der Waals surface area contributed by atoms with Crippen LogP contribution in [0.4, 0.5) is 5.69 Å². The predicted octanol–water partition coefficient (Wildman–Crippen LogP) is 2.23. The fourth-order valence-electron chi connectivity index (χ4n) is 2.10. The number of aryl methyl sites for hydroxylation is 1. The Balaban J connectivity index is 1.47. The number of nitrogens with two attached hydrogens (primary N) is 1. The highest BCUT2D eigenvalue weighted by molar-refractivity contribution is 7.08. The minimum atomic E-state index is -0.550. The van der Waals surface area contributed by atoms with Crippen LogP contribution in [-0.4, -0.2) is 28.6 Å². The van der Waals surface area contributed by atoms with E-state index >= 15 is 0 Å². The number of thiophene rings is 1. The number of aromatic nitrogens is 2. The molecule has 26 heavy (non-hydrogen) atoms. The van der Waals surface area contributed by atoms with Crippen molar-refractivity contribution < 1.29 is 18.8 Å². The van der Waals surface area contributed by atoms with Crippen LogP contribution in [0.25, 0.3) is 11.4 Å². The number of benzene rings is 1. The maximum Gasteiger partial charge on any atom is 0.255 e. The van der Waals surface area contributed by atoms with E-state index in [0.29, 0.717) is 29.6 Å². The first-order valence-electron chi connectivity index (χ1n) is 7.76. The Morgan fingerprint density at radius 3 is 2.73 bits per heavy atom. The molecule has 2 amide bonds. The minimum Gasteiger partial charge on any atom is -0.484 e. The number of nitrogens with zero attached hydrogens (tertiary/aromatic N) is 2. The standard InChI is InChI=1S/C17H16N4O4S/c18-14(22)9-24-13-3-1-12(2-4-13)19-15(23)5-6-16-20-17(21-25-16)11-7-8-26-10-11/h1-4,7-8,10H,5-6,9H2,(H2,18,22)(H,19,23). The van der Waals surface area contributed by atoms with E-state index in [2.05, 4.69) is 15.5 Å². The Morgan fingerprint density at radius 2 is 2.04 bits per heavy atom. The molecule has 0 atom stereocenters. The predicted molar refractivity (Wildman–Crippen MR) is 95.7 cm³/mol. The number of primary amides is 1. The summed E-state index contributed by atoms with van der Waals surface area (Å²) < 4.78 is 10.3. The minimum absolute atomic E-state index is 0.175. The fraction of sp³-hybridized carbons (Fsp3) is 0.176. The van der Waals surface area contributed by atoms with Gasteiger partial charge in [-0.25, -0.2) is 0 Å². The van der Waals surface area contributed by atoms with E-state index in [-0.39, 0.29) is 18.9 Å². The van der Waals surface area contributed by atoms with Gasteiger partial charge < -0.3 is 20.3 Å². The van der Waals surface area contributed by atoms with E-state index in [0.717, 1.165) is 5.56 Å². The number of anilines is 1. The van der Waals surface area contributed by atoms with Gasteiger partial charge in [-0.2, -0.15) is 16.3 Å². The van der Waals surface area contributed by atoms with Crippen LogP contribution in [0.3, 0.4) is 0 Å². The van der Waals surface area contributed by atoms with Crippen molar-refractivity contribution in [3.05, 3.63) is 47.0 Å². The summed E-state index contributed by atoms with van der Waals surface area (Å²) in [6, 6.07) is 8.54. The number of hydrogen-bond acceptors (Lipinski definition) is 7. The quantitative estimate of drug-likeness (QED) is 0.625. The number of carbonyl (C=O) groups excluding carboxylic acids is 2. The van der Waals surface area contributed by atoms with Gasteiger partial charge in [-0.05, 0) is 35.7 Å². The first kappa shape index (κ1) is 17.6. The smallest absolute Gasteiger partial charge is 0.255 e. The van der Waals surface area contributed by atoms with Crippen molar-refractivity contribution in [2.24, 2.45) is 5.73 Å². The van der Waals surface area contributed by atoms with Gasteiger partial charge in [0.15, 0.2) is 6.61 Å². The summed E-state index contributed by atoms with van der Waals surface area (Å²) in [7, 11) is 0. The van der Waals surface area contributed by atoms with Crippen molar-refractivity contribution in [3.8, 4) is 17.1 Å². The Kier molecular flexibility index (Phi) is 5.59. The molecule has 0 saturated heterocycles.